The summed E-state index contributed by atoms with van der Waals surface area (Å²) in [6.45, 7) is 6.33. The van der Waals surface area contributed by atoms with Crippen LogP contribution in [0.3, 0.4) is 0 Å². The van der Waals surface area contributed by atoms with Gasteiger partial charge in [-0.3, -0.25) is 0 Å². The van der Waals surface area contributed by atoms with Crippen LogP contribution >= 0.6 is 11.3 Å². The highest BCUT2D eigenvalue weighted by Crippen LogP contribution is 2.42. The molecule has 196 valence electrons. The number of benzene rings is 3. The molecule has 6 nitrogen and oxygen atoms in total. The van der Waals surface area contributed by atoms with Crippen LogP contribution in [0.2, 0.25) is 0 Å². The van der Waals surface area contributed by atoms with Gasteiger partial charge < -0.3 is 14.2 Å². The minimum absolute atomic E-state index is 0.00905. The van der Waals surface area contributed by atoms with Crippen molar-refractivity contribution in [1.29, 1.82) is 0 Å². The second kappa shape index (κ2) is 10.4. The Bertz CT molecular complexity index is 1690. The number of fused-ring (bicyclic) bond motifs is 2. The van der Waals surface area contributed by atoms with E-state index in [1.54, 1.807) is 16.2 Å². The molecule has 0 N–H and O–H groups in total. The van der Waals surface area contributed by atoms with Crippen molar-refractivity contribution >= 4 is 43.4 Å². The Hall–Kier alpha value is -3.46. The topological polar surface area (TPSA) is 73.5 Å². The van der Waals surface area contributed by atoms with E-state index in [9.17, 15) is 13.0 Å². The summed E-state index contributed by atoms with van der Waals surface area (Å²) in [6, 6.07) is 20.2. The zero-order chi connectivity index (χ0) is 27.0. The molecule has 1 aromatic heterocycles. The molecule has 8 heteroatoms. The van der Waals surface area contributed by atoms with E-state index in [1.807, 2.05) is 54.6 Å². The highest BCUT2D eigenvalue weighted by Gasteiger charge is 2.27. The van der Waals surface area contributed by atoms with Gasteiger partial charge >= 0.3 is 0 Å². The van der Waals surface area contributed by atoms with Crippen LogP contribution in [-0.2, 0) is 17.2 Å². The molecule has 0 amide bonds. The van der Waals surface area contributed by atoms with Gasteiger partial charge in [0, 0.05) is 24.8 Å². The number of anilines is 1. The van der Waals surface area contributed by atoms with E-state index in [2.05, 4.69) is 50.6 Å². The standard InChI is InChI=1S/C30H30N2O4S2/c1-5-22(18-30-31(4)26-15-20(2)21(3)16-28(26)37-30)17-29-32(13-14-38(33,34)35)25-19-24(11-12-27(25)36-29)23-9-7-6-8-10-23/h6-12,15-19H,5,13-14H2,1-4H3. The molecular weight excluding hydrogens is 516 g/mol. The number of thiazole rings is 1. The lowest BCUT2D eigenvalue weighted by atomic mass is 10.0. The largest absolute Gasteiger partial charge is 0.748 e. The lowest BCUT2D eigenvalue weighted by molar-refractivity contribution is -0.642. The van der Waals surface area contributed by atoms with Crippen LogP contribution in [-0.4, -0.2) is 25.3 Å². The van der Waals surface area contributed by atoms with Gasteiger partial charge in [-0.25, -0.2) is 8.42 Å². The fourth-order valence-electron chi connectivity index (χ4n) is 4.56. The number of nitrogens with zero attached hydrogens (tertiary/aromatic N) is 2. The number of allylic oxidation sites excluding steroid dienone is 2. The average Bonchev–Trinajstić information content (AvgIpc) is 3.38. The van der Waals surface area contributed by atoms with Crippen molar-refractivity contribution in [3.63, 3.8) is 0 Å². The first-order chi connectivity index (χ1) is 18.1. The number of aromatic nitrogens is 1. The minimum atomic E-state index is -4.40. The van der Waals surface area contributed by atoms with Crippen molar-refractivity contribution in [3.05, 3.63) is 94.3 Å². The van der Waals surface area contributed by atoms with Crippen molar-refractivity contribution in [3.8, 4) is 16.9 Å². The van der Waals surface area contributed by atoms with Crippen molar-refractivity contribution in [2.75, 3.05) is 17.2 Å². The number of aryl methyl sites for hydroxylation is 3. The minimum Gasteiger partial charge on any atom is -0.748 e. The van der Waals surface area contributed by atoms with Gasteiger partial charge in [0.25, 0.3) is 5.01 Å². The molecule has 2 heterocycles. The zero-order valence-corrected chi connectivity index (χ0v) is 23.5. The maximum absolute atomic E-state index is 11.5. The summed E-state index contributed by atoms with van der Waals surface area (Å²) >= 11 is 1.73. The summed E-state index contributed by atoms with van der Waals surface area (Å²) in [5.74, 6) is 0.628. The molecule has 1 aliphatic heterocycles. The van der Waals surface area contributed by atoms with Crippen molar-refractivity contribution < 1.29 is 22.3 Å². The van der Waals surface area contributed by atoms with Gasteiger partial charge in [0.2, 0.25) is 11.4 Å². The van der Waals surface area contributed by atoms with E-state index >= 15 is 0 Å². The molecular formula is C30H30N2O4S2. The van der Waals surface area contributed by atoms with Crippen LogP contribution in [0.1, 0.15) is 29.5 Å². The molecule has 0 saturated carbocycles. The Labute approximate surface area is 227 Å². The Morgan fingerprint density at radius 2 is 1.79 bits per heavy atom. The maximum atomic E-state index is 11.5. The van der Waals surface area contributed by atoms with E-state index in [4.69, 9.17) is 4.74 Å². The van der Waals surface area contributed by atoms with Crippen molar-refractivity contribution in [2.45, 2.75) is 27.2 Å². The predicted octanol–water partition coefficient (Wildman–Crippen LogP) is 6.09. The number of ether oxygens (including phenoxy) is 1. The van der Waals surface area contributed by atoms with Crippen LogP contribution in [0.15, 0.2) is 78.2 Å². The summed E-state index contributed by atoms with van der Waals surface area (Å²) in [5.41, 5.74) is 7.52. The number of rotatable bonds is 7. The molecule has 3 aromatic carbocycles. The molecule has 1 aliphatic rings. The summed E-state index contributed by atoms with van der Waals surface area (Å²) in [6.07, 6.45) is 4.84. The second-order valence-electron chi connectivity index (χ2n) is 9.52. The fraction of sp³-hybridized carbons (Fsp3) is 0.233. The fourth-order valence-corrected chi connectivity index (χ4v) is 6.17. The van der Waals surface area contributed by atoms with Crippen LogP contribution in [0, 0.1) is 13.8 Å². The van der Waals surface area contributed by atoms with Gasteiger partial charge in [0.05, 0.1) is 21.6 Å². The monoisotopic (exact) mass is 546 g/mol. The van der Waals surface area contributed by atoms with Crippen LogP contribution in [0.4, 0.5) is 5.69 Å². The van der Waals surface area contributed by atoms with E-state index in [0.29, 0.717) is 11.6 Å². The zero-order valence-electron chi connectivity index (χ0n) is 21.9. The molecule has 0 saturated heterocycles. The number of hydrogen-bond acceptors (Lipinski definition) is 6. The van der Waals surface area contributed by atoms with Crippen LogP contribution < -0.4 is 14.2 Å². The lowest BCUT2D eigenvalue weighted by Gasteiger charge is -2.20. The summed E-state index contributed by atoms with van der Waals surface area (Å²) in [4.78, 5) is 1.79. The highest BCUT2D eigenvalue weighted by atomic mass is 32.2. The summed E-state index contributed by atoms with van der Waals surface area (Å²) in [5, 5.41) is 1.11. The Balaban J connectivity index is 1.55. The third-order valence-electron chi connectivity index (χ3n) is 6.91. The SMILES string of the molecule is CCC(/C=C1\Oc2ccc(-c3ccccc3)cc2N1CCS(=O)(=O)[O-])=C\c1sc2cc(C)c(C)cc2[n+]1C. The first-order valence-electron chi connectivity index (χ1n) is 12.5. The molecule has 0 aliphatic carbocycles. The summed E-state index contributed by atoms with van der Waals surface area (Å²) < 4.78 is 44.2. The molecule has 4 aromatic rings. The third kappa shape index (κ3) is 5.38. The smallest absolute Gasteiger partial charge is 0.262 e. The molecule has 0 fully saturated rings. The van der Waals surface area contributed by atoms with Gasteiger partial charge in [-0.05, 0) is 66.3 Å². The van der Waals surface area contributed by atoms with Gasteiger partial charge in [-0.15, -0.1) is 0 Å². The Kier molecular flexibility index (Phi) is 7.13. The highest BCUT2D eigenvalue weighted by molar-refractivity contribution is 7.85. The first kappa shape index (κ1) is 26.2. The maximum Gasteiger partial charge on any atom is 0.262 e. The van der Waals surface area contributed by atoms with Crippen molar-refractivity contribution in [2.24, 2.45) is 7.05 Å². The molecule has 5 rings (SSSR count). The van der Waals surface area contributed by atoms with Crippen LogP contribution in [0.5, 0.6) is 5.75 Å². The molecule has 0 unspecified atom stereocenters. The quantitative estimate of drug-likeness (QED) is 0.207. The van der Waals surface area contributed by atoms with E-state index < -0.39 is 15.9 Å². The van der Waals surface area contributed by atoms with E-state index in [0.717, 1.165) is 33.8 Å². The van der Waals surface area contributed by atoms with Gasteiger partial charge in [-0.2, -0.15) is 4.57 Å². The molecule has 38 heavy (non-hydrogen) atoms. The average molecular weight is 547 g/mol. The van der Waals surface area contributed by atoms with Crippen LogP contribution in [0.25, 0.3) is 27.4 Å². The van der Waals surface area contributed by atoms with Gasteiger partial charge in [0.1, 0.15) is 11.7 Å². The molecule has 0 bridgehead atoms. The predicted molar refractivity (Wildman–Crippen MR) is 153 cm³/mol. The Morgan fingerprint density at radius 1 is 1.05 bits per heavy atom. The van der Waals surface area contributed by atoms with Gasteiger partial charge in [-0.1, -0.05) is 54.7 Å². The van der Waals surface area contributed by atoms with E-state index in [1.165, 1.54) is 21.3 Å². The second-order valence-corrected chi connectivity index (χ2v) is 12.1. The third-order valence-corrected chi connectivity index (χ3v) is 8.74. The first-order valence-corrected chi connectivity index (χ1v) is 14.9. The Morgan fingerprint density at radius 3 is 2.50 bits per heavy atom. The lowest BCUT2D eigenvalue weighted by Crippen LogP contribution is -2.29. The summed E-state index contributed by atoms with van der Waals surface area (Å²) in [7, 11) is -2.33. The number of hydrogen-bond donors (Lipinski definition) is 0. The normalized spacial score (nSPS) is 14.8. The molecule has 0 atom stereocenters. The van der Waals surface area contributed by atoms with Crippen molar-refractivity contribution in [1.82, 2.24) is 0 Å². The molecule has 0 radical (unpaired) electrons. The van der Waals surface area contributed by atoms with Gasteiger partial charge in [0.15, 0.2) is 5.75 Å². The van der Waals surface area contributed by atoms with E-state index in [-0.39, 0.29) is 6.54 Å². The molecule has 0 spiro atoms.